The van der Waals surface area contributed by atoms with Gasteiger partial charge in [-0.05, 0) is 25.5 Å². The number of carbonyl (C=O) groups excluding carboxylic acids is 1. The van der Waals surface area contributed by atoms with Crippen LogP contribution >= 0.6 is 0 Å². The molecule has 1 unspecified atom stereocenters. The minimum Gasteiger partial charge on any atom is -0.462 e. The third-order valence-electron chi connectivity index (χ3n) is 4.23. The van der Waals surface area contributed by atoms with Crippen LogP contribution in [0.4, 0.5) is 5.95 Å². The van der Waals surface area contributed by atoms with E-state index >= 15 is 0 Å². The molecule has 1 aliphatic carbocycles. The first-order chi connectivity index (χ1) is 11.0. The molecule has 0 aromatic carbocycles. The molecule has 6 nitrogen and oxygen atoms in total. The Hall–Kier alpha value is -2.50. The molecule has 0 fully saturated rings. The molecule has 1 aromatic heterocycles. The molecular weight excluding hydrogens is 294 g/mol. The van der Waals surface area contributed by atoms with E-state index in [1.54, 1.807) is 4.57 Å². The van der Waals surface area contributed by atoms with Gasteiger partial charge in [0.25, 0.3) is 0 Å². The molecule has 120 valence electrons. The fourth-order valence-electron chi connectivity index (χ4n) is 3.11. The van der Waals surface area contributed by atoms with Crippen molar-refractivity contribution < 1.29 is 14.1 Å². The molecule has 0 saturated heterocycles. The van der Waals surface area contributed by atoms with Crippen molar-refractivity contribution in [3.8, 4) is 0 Å². The maximum Gasteiger partial charge on any atom is 0.403 e. The van der Waals surface area contributed by atoms with E-state index in [2.05, 4.69) is 4.99 Å². The summed E-state index contributed by atoms with van der Waals surface area (Å²) < 4.78 is 8.76. The van der Waals surface area contributed by atoms with Crippen molar-refractivity contribution >= 4 is 17.6 Å². The summed E-state index contributed by atoms with van der Waals surface area (Å²) in [5.41, 5.74) is 2.52. The van der Waals surface area contributed by atoms with Crippen LogP contribution in [0.15, 0.2) is 34.1 Å². The lowest BCUT2D eigenvalue weighted by Gasteiger charge is -2.14. The Bertz CT molecular complexity index is 815. The van der Waals surface area contributed by atoms with Gasteiger partial charge in [-0.1, -0.05) is 24.1 Å². The Morgan fingerprint density at radius 1 is 1.43 bits per heavy atom. The Balaban J connectivity index is 2.12. The average Bonchev–Trinajstić information content (AvgIpc) is 2.90. The second-order valence-electron chi connectivity index (χ2n) is 5.61. The summed E-state index contributed by atoms with van der Waals surface area (Å²) in [6, 6.07) is -0.145. The SMILES string of the molecule is CCc1c(C)[n+](CCOC(C)=O)c2n(c1=O)C1C=CC=CC1=N2. The van der Waals surface area contributed by atoms with E-state index in [4.69, 9.17) is 4.74 Å². The van der Waals surface area contributed by atoms with E-state index in [0.29, 0.717) is 18.9 Å². The van der Waals surface area contributed by atoms with Gasteiger partial charge in [0.15, 0.2) is 11.8 Å². The molecule has 2 heterocycles. The van der Waals surface area contributed by atoms with Crippen LogP contribution in [-0.4, -0.2) is 22.9 Å². The number of rotatable bonds is 4. The second kappa shape index (κ2) is 5.95. The van der Waals surface area contributed by atoms with E-state index < -0.39 is 0 Å². The van der Waals surface area contributed by atoms with Crippen molar-refractivity contribution in [1.82, 2.24) is 4.57 Å². The first-order valence-electron chi connectivity index (χ1n) is 7.79. The highest BCUT2D eigenvalue weighted by Gasteiger charge is 2.38. The van der Waals surface area contributed by atoms with Gasteiger partial charge in [0.1, 0.15) is 13.2 Å². The maximum absolute atomic E-state index is 12.8. The molecule has 23 heavy (non-hydrogen) atoms. The predicted molar refractivity (Wildman–Crippen MR) is 86.1 cm³/mol. The predicted octanol–water partition coefficient (Wildman–Crippen LogP) is 1.32. The zero-order valence-electron chi connectivity index (χ0n) is 13.6. The third kappa shape index (κ3) is 2.54. The van der Waals surface area contributed by atoms with Crippen LogP contribution in [0.25, 0.3) is 0 Å². The first-order valence-corrected chi connectivity index (χ1v) is 7.79. The minimum atomic E-state index is -0.311. The summed E-state index contributed by atoms with van der Waals surface area (Å²) >= 11 is 0. The highest BCUT2D eigenvalue weighted by molar-refractivity contribution is 6.03. The molecule has 1 atom stereocenters. The first kappa shape index (κ1) is 15.4. The van der Waals surface area contributed by atoms with Gasteiger partial charge in [-0.15, -0.1) is 0 Å². The monoisotopic (exact) mass is 314 g/mol. The fourth-order valence-corrected chi connectivity index (χ4v) is 3.11. The summed E-state index contributed by atoms with van der Waals surface area (Å²) in [5, 5.41) is 0. The topological polar surface area (TPSA) is 64.5 Å². The summed E-state index contributed by atoms with van der Waals surface area (Å²) in [6.45, 7) is 6.02. The Morgan fingerprint density at radius 3 is 2.91 bits per heavy atom. The van der Waals surface area contributed by atoms with Crippen molar-refractivity contribution in [3.63, 3.8) is 0 Å². The summed E-state index contributed by atoms with van der Waals surface area (Å²) in [6.07, 6.45) is 8.40. The molecular formula is C17H20N3O3+. The van der Waals surface area contributed by atoms with Gasteiger partial charge in [-0.2, -0.15) is 4.57 Å². The standard InChI is InChI=1S/C17H20N3O3/c1-4-13-11(2)19(9-10-23-12(3)21)17-18-14-7-5-6-8-15(14)20(17)16(13)22/h5-8,15H,4,9-10H2,1-3H3/q+1. The zero-order chi connectivity index (χ0) is 16.6. The third-order valence-corrected chi connectivity index (χ3v) is 4.23. The van der Waals surface area contributed by atoms with Gasteiger partial charge in [0.05, 0.1) is 11.3 Å². The molecule has 1 aromatic rings. The van der Waals surface area contributed by atoms with Crippen molar-refractivity contribution in [2.24, 2.45) is 4.99 Å². The minimum absolute atomic E-state index is 0.00689. The van der Waals surface area contributed by atoms with Crippen LogP contribution in [0, 0.1) is 6.92 Å². The van der Waals surface area contributed by atoms with E-state index in [-0.39, 0.29) is 24.2 Å². The van der Waals surface area contributed by atoms with Crippen LogP contribution in [0.3, 0.4) is 0 Å². The summed E-state index contributed by atoms with van der Waals surface area (Å²) in [5.74, 6) is 0.308. The fraction of sp³-hybridized carbons (Fsp3) is 0.412. The molecule has 0 N–H and O–H groups in total. The van der Waals surface area contributed by atoms with Gasteiger partial charge in [0, 0.05) is 6.92 Å². The van der Waals surface area contributed by atoms with Crippen molar-refractivity contribution in [1.29, 1.82) is 0 Å². The summed E-state index contributed by atoms with van der Waals surface area (Å²) in [4.78, 5) is 28.5. The van der Waals surface area contributed by atoms with E-state index in [1.807, 2.05) is 42.7 Å². The number of hydrogen-bond acceptors (Lipinski definition) is 4. The summed E-state index contributed by atoms with van der Waals surface area (Å²) in [7, 11) is 0. The number of aliphatic imine (C=N–C) groups is 1. The lowest BCUT2D eigenvalue weighted by molar-refractivity contribution is -0.695. The number of nitrogens with zero attached hydrogens (tertiary/aromatic N) is 3. The molecule has 0 saturated carbocycles. The number of esters is 1. The molecule has 3 rings (SSSR count). The normalized spacial score (nSPS) is 17.7. The van der Waals surface area contributed by atoms with Gasteiger partial charge in [-0.25, -0.2) is 4.57 Å². The van der Waals surface area contributed by atoms with E-state index in [9.17, 15) is 9.59 Å². The van der Waals surface area contributed by atoms with Crippen LogP contribution < -0.4 is 10.1 Å². The van der Waals surface area contributed by atoms with Gasteiger partial charge in [0.2, 0.25) is 0 Å². The second-order valence-corrected chi connectivity index (χ2v) is 5.61. The lowest BCUT2D eigenvalue weighted by atomic mass is 10.1. The number of aromatic nitrogens is 2. The van der Waals surface area contributed by atoms with Gasteiger partial charge in [-0.3, -0.25) is 9.59 Å². The number of fused-ring (bicyclic) bond motifs is 3. The molecule has 0 radical (unpaired) electrons. The lowest BCUT2D eigenvalue weighted by Crippen LogP contribution is -2.47. The molecule has 0 amide bonds. The van der Waals surface area contributed by atoms with Crippen LogP contribution in [0.1, 0.15) is 31.1 Å². The zero-order valence-corrected chi connectivity index (χ0v) is 13.6. The highest BCUT2D eigenvalue weighted by atomic mass is 16.5. The van der Waals surface area contributed by atoms with E-state index in [0.717, 1.165) is 17.0 Å². The van der Waals surface area contributed by atoms with Crippen LogP contribution in [-0.2, 0) is 22.5 Å². The largest absolute Gasteiger partial charge is 0.462 e. The number of hydrogen-bond donors (Lipinski definition) is 0. The van der Waals surface area contributed by atoms with E-state index in [1.165, 1.54) is 6.92 Å². The molecule has 0 spiro atoms. The van der Waals surface area contributed by atoms with Crippen LogP contribution in [0.2, 0.25) is 0 Å². The number of ether oxygens (including phenoxy) is 1. The Labute approximate surface area is 134 Å². The average molecular weight is 314 g/mol. The maximum atomic E-state index is 12.8. The smallest absolute Gasteiger partial charge is 0.403 e. The number of carbonyl (C=O) groups is 1. The van der Waals surface area contributed by atoms with Crippen LogP contribution in [0.5, 0.6) is 0 Å². The Kier molecular flexibility index (Phi) is 3.98. The van der Waals surface area contributed by atoms with Crippen molar-refractivity contribution in [3.05, 3.63) is 45.9 Å². The Morgan fingerprint density at radius 2 is 2.22 bits per heavy atom. The quantitative estimate of drug-likeness (QED) is 0.622. The van der Waals surface area contributed by atoms with Crippen molar-refractivity contribution in [2.45, 2.75) is 39.8 Å². The molecule has 2 aliphatic rings. The molecule has 0 bridgehead atoms. The number of allylic oxidation sites excluding steroid dienone is 4. The molecule has 1 aliphatic heterocycles. The molecule has 6 heteroatoms. The van der Waals surface area contributed by atoms with Gasteiger partial charge >= 0.3 is 17.5 Å². The van der Waals surface area contributed by atoms with Gasteiger partial charge < -0.3 is 4.74 Å². The highest BCUT2D eigenvalue weighted by Crippen LogP contribution is 2.27. The van der Waals surface area contributed by atoms with Crippen molar-refractivity contribution in [2.75, 3.05) is 6.61 Å².